The molecule has 0 N–H and O–H groups in total. The van der Waals surface area contributed by atoms with Crippen LogP contribution in [0.5, 0.6) is 0 Å². The molecule has 0 fully saturated rings. The number of halogens is 1. The van der Waals surface area contributed by atoms with Crippen molar-refractivity contribution in [1.82, 2.24) is 0 Å². The first-order valence-electron chi connectivity index (χ1n) is 14.1. The number of allylic oxidation sites excluding steroid dienone is 3. The van der Waals surface area contributed by atoms with Crippen molar-refractivity contribution in [2.75, 3.05) is 4.90 Å². The molecule has 40 heavy (non-hydrogen) atoms. The molecule has 0 bridgehead atoms. The van der Waals surface area contributed by atoms with Crippen LogP contribution in [0.15, 0.2) is 120 Å². The Balaban J connectivity index is 0.00000158. The lowest BCUT2D eigenvalue weighted by atomic mass is 9.71. The van der Waals surface area contributed by atoms with Crippen molar-refractivity contribution >= 4 is 27.3 Å². The largest absolute Gasteiger partial charge is 0.310 e. The maximum atomic E-state index is 4.15. The molecule has 2 aliphatic rings. The van der Waals surface area contributed by atoms with Gasteiger partial charge >= 0.3 is 0 Å². The van der Waals surface area contributed by atoms with Crippen LogP contribution in [0.4, 0.5) is 11.4 Å². The molecule has 4 aromatic rings. The lowest BCUT2D eigenvalue weighted by Crippen LogP contribution is -2.32. The molecule has 0 radical (unpaired) electrons. The summed E-state index contributed by atoms with van der Waals surface area (Å²) in [5.41, 5.74) is 13.7. The Morgan fingerprint density at radius 3 is 1.98 bits per heavy atom. The van der Waals surface area contributed by atoms with Gasteiger partial charge in [0.15, 0.2) is 0 Å². The predicted molar refractivity (Wildman–Crippen MR) is 178 cm³/mol. The number of anilines is 2. The summed E-state index contributed by atoms with van der Waals surface area (Å²) in [7, 11) is 0. The first kappa shape index (κ1) is 27.9. The van der Waals surface area contributed by atoms with Crippen molar-refractivity contribution in [3.63, 3.8) is 0 Å². The summed E-state index contributed by atoms with van der Waals surface area (Å²) in [4.78, 5) is 2.36. The zero-order chi connectivity index (χ0) is 28.8. The van der Waals surface area contributed by atoms with Crippen LogP contribution in [0, 0.1) is 0 Å². The molecule has 0 atom stereocenters. The van der Waals surface area contributed by atoms with Crippen LogP contribution in [0.3, 0.4) is 0 Å². The molecule has 0 spiro atoms. The third-order valence-electron chi connectivity index (χ3n) is 8.46. The molecule has 2 heteroatoms. The van der Waals surface area contributed by atoms with Crippen LogP contribution >= 0.6 is 15.9 Å². The van der Waals surface area contributed by atoms with Gasteiger partial charge in [0.05, 0.1) is 11.4 Å². The maximum absolute atomic E-state index is 4.15. The van der Waals surface area contributed by atoms with Crippen molar-refractivity contribution in [1.29, 1.82) is 0 Å². The zero-order valence-electron chi connectivity index (χ0n) is 24.5. The van der Waals surface area contributed by atoms with Crippen LogP contribution in [-0.4, -0.2) is 0 Å². The minimum Gasteiger partial charge on any atom is -0.310 e. The average Bonchev–Trinajstić information content (AvgIpc) is 3.19. The van der Waals surface area contributed by atoms with E-state index in [1.54, 1.807) is 0 Å². The summed E-state index contributed by atoms with van der Waals surface area (Å²) >= 11 is 3.57. The topological polar surface area (TPSA) is 3.24 Å². The molecule has 4 aromatic carbocycles. The third-order valence-corrected chi connectivity index (χ3v) is 8.99. The van der Waals surface area contributed by atoms with Crippen LogP contribution < -0.4 is 4.90 Å². The predicted octanol–water partition coefficient (Wildman–Crippen LogP) is 11.5. The van der Waals surface area contributed by atoms with E-state index in [1.807, 2.05) is 32.1 Å². The second kappa shape index (κ2) is 10.4. The van der Waals surface area contributed by atoms with Gasteiger partial charge in [-0.3, -0.25) is 0 Å². The Bertz CT molecular complexity index is 1650. The van der Waals surface area contributed by atoms with Gasteiger partial charge in [0.2, 0.25) is 0 Å². The highest BCUT2D eigenvalue weighted by molar-refractivity contribution is 9.10. The molecule has 0 saturated carbocycles. The van der Waals surface area contributed by atoms with E-state index >= 15 is 0 Å². The SMILES string of the molecule is C=C/C=C(\C=C)N1c2ccccc2C(C)(C)c2cc3c(cc21)C(C)(C)c1cc(-c2ccc(Br)cc2)ccc1-3.CC. The number of hydrogen-bond donors (Lipinski definition) is 0. The van der Waals surface area contributed by atoms with Gasteiger partial charge in [-0.05, 0) is 93.1 Å². The van der Waals surface area contributed by atoms with Crippen molar-refractivity contribution in [3.8, 4) is 22.3 Å². The van der Waals surface area contributed by atoms with Gasteiger partial charge in [0, 0.05) is 21.0 Å². The molecule has 1 aliphatic heterocycles. The molecule has 0 unspecified atom stereocenters. The van der Waals surface area contributed by atoms with E-state index in [0.29, 0.717) is 0 Å². The van der Waals surface area contributed by atoms with Gasteiger partial charge in [-0.25, -0.2) is 0 Å². The van der Waals surface area contributed by atoms with E-state index in [1.165, 1.54) is 55.9 Å². The molecule has 0 amide bonds. The molecule has 0 saturated heterocycles. The Kier molecular flexibility index (Phi) is 7.27. The summed E-state index contributed by atoms with van der Waals surface area (Å²) in [5.74, 6) is 0. The minimum atomic E-state index is -0.151. The summed E-state index contributed by atoms with van der Waals surface area (Å²) < 4.78 is 1.10. The maximum Gasteiger partial charge on any atom is 0.0506 e. The molecular weight excluding hydrogens is 550 g/mol. The zero-order valence-corrected chi connectivity index (χ0v) is 26.1. The van der Waals surface area contributed by atoms with E-state index in [0.717, 1.165) is 10.2 Å². The summed E-state index contributed by atoms with van der Waals surface area (Å²) in [6.45, 7) is 21.5. The minimum absolute atomic E-state index is 0.131. The number of hydrogen-bond acceptors (Lipinski definition) is 1. The second-order valence-corrected chi connectivity index (χ2v) is 12.2. The standard InChI is InChI=1S/C36H32BrN.C2H6/c1-7-11-26(8-2)38-33-13-10-9-12-29(33)35(3,4)32-21-28-27-19-16-24(23-14-17-25(37)18-15-23)20-30(27)36(5,6)31(28)22-34(32)38;1-2/h7-22H,1-2H2,3-6H3;1-2H3/b26-11+;. The summed E-state index contributed by atoms with van der Waals surface area (Å²) in [6.07, 6.45) is 5.82. The van der Waals surface area contributed by atoms with Crippen LogP contribution in [-0.2, 0) is 10.8 Å². The van der Waals surface area contributed by atoms with Gasteiger partial charge in [-0.2, -0.15) is 0 Å². The van der Waals surface area contributed by atoms with E-state index in [9.17, 15) is 0 Å². The lowest BCUT2D eigenvalue weighted by molar-refractivity contribution is 0.626. The van der Waals surface area contributed by atoms with Gasteiger partial charge in [0.1, 0.15) is 0 Å². The molecule has 1 heterocycles. The van der Waals surface area contributed by atoms with Gasteiger partial charge in [0.25, 0.3) is 0 Å². The monoisotopic (exact) mass is 587 g/mol. The van der Waals surface area contributed by atoms with Gasteiger partial charge < -0.3 is 4.90 Å². The fraction of sp³-hybridized carbons (Fsp3) is 0.211. The normalized spacial score (nSPS) is 15.6. The van der Waals surface area contributed by atoms with Gasteiger partial charge in [-0.15, -0.1) is 0 Å². The fourth-order valence-corrected chi connectivity index (χ4v) is 6.65. The fourth-order valence-electron chi connectivity index (χ4n) is 6.38. The lowest BCUT2D eigenvalue weighted by Gasteiger charge is -2.43. The first-order valence-corrected chi connectivity index (χ1v) is 14.9. The van der Waals surface area contributed by atoms with E-state index in [4.69, 9.17) is 0 Å². The van der Waals surface area contributed by atoms with Crippen LogP contribution in [0.25, 0.3) is 22.3 Å². The highest BCUT2D eigenvalue weighted by atomic mass is 79.9. The van der Waals surface area contributed by atoms with Crippen molar-refractivity contribution < 1.29 is 0 Å². The Labute approximate surface area is 248 Å². The van der Waals surface area contributed by atoms with Crippen molar-refractivity contribution in [3.05, 3.63) is 143 Å². The molecule has 6 rings (SSSR count). The van der Waals surface area contributed by atoms with Gasteiger partial charge in [-0.1, -0.05) is 119 Å². The average molecular weight is 589 g/mol. The Morgan fingerprint density at radius 1 is 0.675 bits per heavy atom. The highest BCUT2D eigenvalue weighted by Crippen LogP contribution is 2.57. The third kappa shape index (κ3) is 4.21. The number of rotatable bonds is 4. The first-order chi connectivity index (χ1) is 19.2. The van der Waals surface area contributed by atoms with Crippen molar-refractivity contribution in [2.24, 2.45) is 0 Å². The van der Waals surface area contributed by atoms with Crippen LogP contribution in [0.2, 0.25) is 0 Å². The molecule has 1 aliphatic carbocycles. The highest BCUT2D eigenvalue weighted by Gasteiger charge is 2.42. The smallest absolute Gasteiger partial charge is 0.0506 e. The second-order valence-electron chi connectivity index (χ2n) is 11.3. The molecule has 1 nitrogen and oxygen atoms in total. The number of nitrogens with zero attached hydrogens (tertiary/aromatic N) is 1. The van der Waals surface area contributed by atoms with E-state index in [-0.39, 0.29) is 10.8 Å². The molecule has 0 aromatic heterocycles. The molecular formula is C38H38BrN. The number of para-hydroxylation sites is 1. The van der Waals surface area contributed by atoms with E-state index < -0.39 is 0 Å². The van der Waals surface area contributed by atoms with E-state index in [2.05, 4.69) is 141 Å². The van der Waals surface area contributed by atoms with Crippen molar-refractivity contribution in [2.45, 2.75) is 52.4 Å². The quantitative estimate of drug-likeness (QED) is 0.214. The summed E-state index contributed by atoms with van der Waals surface area (Å²) in [6, 6.07) is 29.2. The Morgan fingerprint density at radius 2 is 1.30 bits per heavy atom. The van der Waals surface area contributed by atoms with Crippen LogP contribution in [0.1, 0.15) is 63.8 Å². The molecule has 202 valence electrons. The number of benzene rings is 4. The Hall–Kier alpha value is -3.62. The number of fused-ring (bicyclic) bond motifs is 5. The summed E-state index contributed by atoms with van der Waals surface area (Å²) in [5, 5.41) is 0.